The summed E-state index contributed by atoms with van der Waals surface area (Å²) >= 11 is 0. The van der Waals surface area contributed by atoms with Gasteiger partial charge in [-0.05, 0) is 44.9 Å². The van der Waals surface area contributed by atoms with Crippen molar-refractivity contribution in [2.45, 2.75) is 37.1 Å². The second-order valence-corrected chi connectivity index (χ2v) is 9.70. The summed E-state index contributed by atoms with van der Waals surface area (Å²) in [7, 11) is -3.81. The molecule has 158 valence electrons. The molecule has 1 amide bonds. The van der Waals surface area contributed by atoms with Crippen LogP contribution < -0.4 is 5.32 Å². The number of hydrogen-bond acceptors (Lipinski definition) is 6. The molecule has 3 aromatic rings. The number of fused-ring (bicyclic) bond motifs is 1. The molecule has 1 fully saturated rings. The third-order valence-corrected chi connectivity index (χ3v) is 7.09. The maximum absolute atomic E-state index is 13.1. The zero-order valence-electron chi connectivity index (χ0n) is 16.7. The van der Waals surface area contributed by atoms with Crippen LogP contribution in [-0.2, 0) is 10.0 Å². The van der Waals surface area contributed by atoms with Gasteiger partial charge in [0, 0.05) is 19.3 Å². The van der Waals surface area contributed by atoms with E-state index in [1.807, 2.05) is 13.8 Å². The number of amides is 1. The number of piperidine rings is 1. The summed E-state index contributed by atoms with van der Waals surface area (Å²) in [6.45, 7) is 4.65. The number of nitrogens with one attached hydrogen (secondary N) is 1. The summed E-state index contributed by atoms with van der Waals surface area (Å²) in [6.07, 6.45) is 3.32. The number of nitrogens with zero attached hydrogens (tertiary/aromatic N) is 4. The van der Waals surface area contributed by atoms with E-state index in [1.54, 1.807) is 30.3 Å². The van der Waals surface area contributed by atoms with E-state index in [1.165, 1.54) is 17.4 Å². The van der Waals surface area contributed by atoms with Gasteiger partial charge < -0.3 is 15.3 Å². The van der Waals surface area contributed by atoms with E-state index < -0.39 is 21.7 Å². The highest BCUT2D eigenvalue weighted by molar-refractivity contribution is 7.90. The first-order chi connectivity index (χ1) is 14.2. The van der Waals surface area contributed by atoms with Gasteiger partial charge in [0.25, 0.3) is 10.0 Å². The van der Waals surface area contributed by atoms with Gasteiger partial charge in [0.15, 0.2) is 5.65 Å². The van der Waals surface area contributed by atoms with Gasteiger partial charge in [-0.1, -0.05) is 17.7 Å². The number of likely N-dealkylation sites (tertiary alicyclic amines) is 1. The number of aromatic nitrogens is 3. The number of benzene rings is 1. The van der Waals surface area contributed by atoms with Gasteiger partial charge in [-0.3, -0.25) is 0 Å². The number of anilines is 1. The summed E-state index contributed by atoms with van der Waals surface area (Å²) in [5.41, 5.74) is 0.717. The molecule has 1 unspecified atom stereocenters. The molecule has 2 aromatic heterocycles. The van der Waals surface area contributed by atoms with Gasteiger partial charge in [-0.2, -0.15) is 0 Å². The third-order valence-electron chi connectivity index (χ3n) is 5.41. The topological polar surface area (TPSA) is 117 Å². The van der Waals surface area contributed by atoms with E-state index in [0.717, 1.165) is 22.4 Å². The molecular formula is C20H23N5O4S. The third kappa shape index (κ3) is 3.58. The molecule has 3 heterocycles. The van der Waals surface area contributed by atoms with Crippen LogP contribution in [-0.4, -0.2) is 57.1 Å². The van der Waals surface area contributed by atoms with Crippen molar-refractivity contribution in [3.05, 3.63) is 48.4 Å². The molecule has 1 aliphatic heterocycles. The maximum Gasteiger partial charge on any atom is 0.407 e. The van der Waals surface area contributed by atoms with Gasteiger partial charge >= 0.3 is 6.09 Å². The normalized spacial score (nSPS) is 19.7. The predicted molar refractivity (Wildman–Crippen MR) is 112 cm³/mol. The van der Waals surface area contributed by atoms with Gasteiger partial charge in [0.2, 0.25) is 0 Å². The number of carbonyl (C=O) groups is 1. The summed E-state index contributed by atoms with van der Waals surface area (Å²) in [6, 6.07) is 8.29. The summed E-state index contributed by atoms with van der Waals surface area (Å²) < 4.78 is 27.4. The molecule has 1 atom stereocenters. The minimum Gasteiger partial charge on any atom is -0.465 e. The lowest BCUT2D eigenvalue weighted by molar-refractivity contribution is 0.119. The average Bonchev–Trinajstić information content (AvgIpc) is 3.14. The first-order valence-corrected chi connectivity index (χ1v) is 11.0. The molecule has 4 rings (SSSR count). The molecule has 10 heteroatoms. The summed E-state index contributed by atoms with van der Waals surface area (Å²) in [5.74, 6) is 0.479. The lowest BCUT2D eigenvalue weighted by atomic mass is 9.91. The van der Waals surface area contributed by atoms with E-state index >= 15 is 0 Å². The van der Waals surface area contributed by atoms with Crippen LogP contribution in [0.4, 0.5) is 10.6 Å². The van der Waals surface area contributed by atoms with Gasteiger partial charge in [-0.25, -0.2) is 27.2 Å². The van der Waals surface area contributed by atoms with Crippen molar-refractivity contribution in [2.24, 2.45) is 0 Å². The highest BCUT2D eigenvalue weighted by Crippen LogP contribution is 2.30. The van der Waals surface area contributed by atoms with Crippen molar-refractivity contribution >= 4 is 33.0 Å². The van der Waals surface area contributed by atoms with Crippen molar-refractivity contribution in [1.82, 2.24) is 18.8 Å². The maximum atomic E-state index is 13.1. The largest absolute Gasteiger partial charge is 0.465 e. The Morgan fingerprint density at radius 2 is 1.93 bits per heavy atom. The van der Waals surface area contributed by atoms with Crippen LogP contribution in [0, 0.1) is 6.92 Å². The average molecular weight is 430 g/mol. The Hall–Kier alpha value is -3.14. The molecule has 0 saturated carbocycles. The zero-order valence-corrected chi connectivity index (χ0v) is 17.6. The molecule has 1 aliphatic rings. The molecule has 2 N–H and O–H groups in total. The Kier molecular flexibility index (Phi) is 4.89. The van der Waals surface area contributed by atoms with Crippen LogP contribution in [0.25, 0.3) is 11.0 Å². The molecule has 1 aromatic carbocycles. The van der Waals surface area contributed by atoms with Crippen molar-refractivity contribution in [1.29, 1.82) is 0 Å². The zero-order chi connectivity index (χ0) is 21.5. The van der Waals surface area contributed by atoms with Crippen LogP contribution in [0.15, 0.2) is 47.8 Å². The monoisotopic (exact) mass is 429 g/mol. The number of aryl methyl sites for hydroxylation is 1. The van der Waals surface area contributed by atoms with E-state index in [9.17, 15) is 18.3 Å². The fourth-order valence-electron chi connectivity index (χ4n) is 3.84. The van der Waals surface area contributed by atoms with E-state index in [-0.39, 0.29) is 10.5 Å². The van der Waals surface area contributed by atoms with Crippen LogP contribution in [0.5, 0.6) is 0 Å². The minimum atomic E-state index is -3.81. The molecule has 0 spiro atoms. The molecule has 9 nitrogen and oxygen atoms in total. The van der Waals surface area contributed by atoms with E-state index in [2.05, 4.69) is 15.3 Å². The summed E-state index contributed by atoms with van der Waals surface area (Å²) in [4.78, 5) is 21.4. The molecule has 0 radical (unpaired) electrons. The smallest absolute Gasteiger partial charge is 0.407 e. The van der Waals surface area contributed by atoms with Crippen LogP contribution in [0.2, 0.25) is 0 Å². The van der Waals surface area contributed by atoms with E-state index in [0.29, 0.717) is 24.3 Å². The number of hydrogen-bond donors (Lipinski definition) is 2. The van der Waals surface area contributed by atoms with Crippen LogP contribution >= 0.6 is 0 Å². The highest BCUT2D eigenvalue weighted by atomic mass is 32.2. The van der Waals surface area contributed by atoms with Crippen LogP contribution in [0.1, 0.15) is 25.3 Å². The first-order valence-electron chi connectivity index (χ1n) is 9.60. The Balaban J connectivity index is 1.70. The van der Waals surface area contributed by atoms with Gasteiger partial charge in [-0.15, -0.1) is 0 Å². The van der Waals surface area contributed by atoms with E-state index in [4.69, 9.17) is 0 Å². The second-order valence-electron chi connectivity index (χ2n) is 7.88. The highest BCUT2D eigenvalue weighted by Gasteiger charge is 2.34. The lowest BCUT2D eigenvalue weighted by Crippen LogP contribution is -2.52. The van der Waals surface area contributed by atoms with Crippen molar-refractivity contribution in [2.75, 3.05) is 18.4 Å². The summed E-state index contributed by atoms with van der Waals surface area (Å²) in [5, 5.41) is 13.2. The number of rotatable bonds is 4. The van der Waals surface area contributed by atoms with Gasteiger partial charge in [0.1, 0.15) is 12.1 Å². The fourth-order valence-corrected chi connectivity index (χ4v) is 5.14. The molecular weight excluding hydrogens is 406 g/mol. The van der Waals surface area contributed by atoms with Crippen molar-refractivity contribution < 1.29 is 18.3 Å². The van der Waals surface area contributed by atoms with Crippen molar-refractivity contribution in [3.63, 3.8) is 0 Å². The number of carboxylic acid groups (broad SMARTS) is 1. The lowest BCUT2D eigenvalue weighted by Gasteiger charge is -2.40. The first kappa shape index (κ1) is 20.1. The molecule has 30 heavy (non-hydrogen) atoms. The van der Waals surface area contributed by atoms with Crippen molar-refractivity contribution in [3.8, 4) is 0 Å². The molecule has 0 aliphatic carbocycles. The second kappa shape index (κ2) is 7.28. The Morgan fingerprint density at radius 3 is 2.63 bits per heavy atom. The Bertz CT molecular complexity index is 1210. The van der Waals surface area contributed by atoms with Gasteiger partial charge in [0.05, 0.1) is 15.8 Å². The minimum absolute atomic E-state index is 0.176. The predicted octanol–water partition coefficient (Wildman–Crippen LogP) is 2.92. The SMILES string of the molecule is Cc1ccc(S(=O)(=O)n2ccc3c(NC4(C)CCCN(C(=O)O)C4)ncnc32)cc1. The Morgan fingerprint density at radius 1 is 1.20 bits per heavy atom. The fraction of sp³-hybridized carbons (Fsp3) is 0.350. The Labute approximate surface area is 174 Å². The van der Waals surface area contributed by atoms with Crippen LogP contribution in [0.3, 0.4) is 0 Å². The quantitative estimate of drug-likeness (QED) is 0.655. The standard InChI is InChI=1S/C20H23N5O4S/c1-14-4-6-15(7-5-14)30(28,29)25-11-8-16-17(21-13-22-18(16)25)23-20(2)9-3-10-24(12-20)19(26)27/h4-8,11,13H,3,9-10,12H2,1-2H3,(H,26,27)(H,21,22,23). The molecule has 0 bridgehead atoms. The molecule has 1 saturated heterocycles.